The highest BCUT2D eigenvalue weighted by Crippen LogP contribution is 2.54. The monoisotopic (exact) mass is 750 g/mol. The molecule has 2 aliphatic heterocycles. The molecule has 0 aliphatic carbocycles. The molecular formula is C23H32N10O11P2S2. The highest BCUT2D eigenvalue weighted by Gasteiger charge is 2.50. The average Bonchev–Trinajstić information content (AvgIpc) is 3.73. The van der Waals surface area contributed by atoms with E-state index in [1.807, 2.05) is 0 Å². The molecule has 0 saturated carbocycles. The van der Waals surface area contributed by atoms with Gasteiger partial charge in [0, 0.05) is 13.0 Å². The van der Waals surface area contributed by atoms with Crippen LogP contribution in [0.15, 0.2) is 23.8 Å². The van der Waals surface area contributed by atoms with Crippen molar-refractivity contribution < 1.29 is 47.6 Å². The van der Waals surface area contributed by atoms with Crippen LogP contribution in [0.3, 0.4) is 0 Å². The standard InChI is InChI=1S/C23H32N10O11P2S2/c1-8-9(42-21(16(40-2)14(8)43-45(37)38)32-6-28-11-17(24)26-5-27-18(11)32)4-41-46(39,47)44-15-13(35)10(3-34)48-22(15)33-7-29-12-19(33)30-23(25)31-20(12)36/h5-10,13-16,21-22,34-35,45H,3-4H2,1-2H3,(H,37,38)(H,39,47)(H2,24,26,27)(H3,25,30,31,36)/t8-,9-,10-,13-,14-,15-,16-,21-,22-,46?/m1/s1. The number of ether oxygens (including phenoxy) is 2. The van der Waals surface area contributed by atoms with Gasteiger partial charge < -0.3 is 50.0 Å². The fourth-order valence-corrected chi connectivity index (χ4v) is 9.26. The van der Waals surface area contributed by atoms with Crippen molar-refractivity contribution in [3.8, 4) is 0 Å². The van der Waals surface area contributed by atoms with Crippen molar-refractivity contribution in [3.63, 3.8) is 0 Å². The Morgan fingerprint density at radius 1 is 1.15 bits per heavy atom. The number of aromatic amines is 1. The fraction of sp³-hybridized carbons (Fsp3) is 0.565. The Morgan fingerprint density at radius 2 is 1.88 bits per heavy atom. The third kappa shape index (κ3) is 6.63. The summed E-state index contributed by atoms with van der Waals surface area (Å²) in [5.74, 6) is -0.719. The third-order valence-electron chi connectivity index (χ3n) is 8.07. The molecule has 2 saturated heterocycles. The van der Waals surface area contributed by atoms with E-state index in [1.54, 1.807) is 6.92 Å². The Labute approximate surface area is 280 Å². The number of rotatable bonds is 11. The number of H-pyrrole nitrogens is 1. The molecule has 6 rings (SSSR count). The van der Waals surface area contributed by atoms with E-state index in [0.29, 0.717) is 0 Å². The number of imidazole rings is 2. The van der Waals surface area contributed by atoms with E-state index in [2.05, 4.69) is 29.9 Å². The second-order valence-electron chi connectivity index (χ2n) is 10.9. The molecule has 2 fully saturated rings. The molecule has 11 atom stereocenters. The number of nitrogen functional groups attached to an aromatic ring is 2. The minimum atomic E-state index is -4.20. The number of aromatic nitrogens is 8. The van der Waals surface area contributed by atoms with Crippen molar-refractivity contribution in [2.45, 2.75) is 54.3 Å². The Bertz CT molecular complexity index is 1930. The SMILES string of the molecule is CO[C@@H]1[C@H](O[PH](=O)O)[C@H](C)[C@@H](COP(O)(=S)O[C@@H]2[C@H](O)[C@@H](CO)S[C@H]2n2cnc3c(=O)[nH]c(N)nc32)O[C@H]1n1cnc2c(N)ncnc21. The highest BCUT2D eigenvalue weighted by atomic mass is 32.5. The van der Waals surface area contributed by atoms with Gasteiger partial charge in [0.05, 0.1) is 43.3 Å². The van der Waals surface area contributed by atoms with Gasteiger partial charge in [-0.2, -0.15) is 4.98 Å². The topological polar surface area (TPSA) is 303 Å². The first-order valence-electron chi connectivity index (χ1n) is 14.2. The van der Waals surface area contributed by atoms with Crippen LogP contribution in [0.25, 0.3) is 22.3 Å². The number of aliphatic hydroxyl groups is 2. The first-order valence-corrected chi connectivity index (χ1v) is 19.0. The molecule has 0 amide bonds. The van der Waals surface area contributed by atoms with Crippen molar-refractivity contribution in [3.05, 3.63) is 29.3 Å². The predicted octanol–water partition coefficient (Wildman–Crippen LogP) is -0.975. The van der Waals surface area contributed by atoms with Crippen LogP contribution in [0.4, 0.5) is 11.8 Å². The number of nitrogens with zero attached hydrogens (tertiary/aromatic N) is 7. The summed E-state index contributed by atoms with van der Waals surface area (Å²) in [7, 11) is -2.09. The number of fused-ring (bicyclic) bond motifs is 2. The Kier molecular flexibility index (Phi) is 10.2. The summed E-state index contributed by atoms with van der Waals surface area (Å²) in [5.41, 5.74) is 11.7. The molecule has 4 aromatic heterocycles. The minimum Gasteiger partial charge on any atom is -0.395 e. The fourth-order valence-electron chi connectivity index (χ4n) is 5.75. The zero-order valence-electron chi connectivity index (χ0n) is 25.0. The quantitative estimate of drug-likeness (QED) is 0.0907. The number of methoxy groups -OCH3 is 1. The predicted molar refractivity (Wildman–Crippen MR) is 173 cm³/mol. The first-order chi connectivity index (χ1) is 22.8. The van der Waals surface area contributed by atoms with Crippen LogP contribution < -0.4 is 17.0 Å². The molecule has 9 N–H and O–H groups in total. The van der Waals surface area contributed by atoms with Crippen molar-refractivity contribution in [2.24, 2.45) is 5.92 Å². The van der Waals surface area contributed by atoms with E-state index in [9.17, 15) is 29.4 Å². The van der Waals surface area contributed by atoms with Crippen molar-refractivity contribution in [2.75, 3.05) is 31.8 Å². The maximum atomic E-state index is 12.4. The van der Waals surface area contributed by atoms with Crippen LogP contribution in [0.1, 0.15) is 18.5 Å². The lowest BCUT2D eigenvalue weighted by Gasteiger charge is -2.44. The van der Waals surface area contributed by atoms with Crippen molar-refractivity contribution in [1.29, 1.82) is 0 Å². The lowest BCUT2D eigenvalue weighted by atomic mass is 9.90. The number of thioether (sulfide) groups is 1. The molecule has 0 bridgehead atoms. The number of nitrogens with two attached hydrogens (primary N) is 2. The van der Waals surface area contributed by atoms with Gasteiger partial charge in [-0.05, 0) is 11.8 Å². The number of hydrogen-bond donors (Lipinski definition) is 7. The summed E-state index contributed by atoms with van der Waals surface area (Å²) in [6, 6.07) is 0. The second-order valence-corrected chi connectivity index (χ2v) is 15.8. The molecule has 48 heavy (non-hydrogen) atoms. The number of aliphatic hydroxyl groups excluding tert-OH is 2. The van der Waals surface area contributed by atoms with E-state index in [0.717, 1.165) is 11.8 Å². The molecule has 2 unspecified atom stereocenters. The summed E-state index contributed by atoms with van der Waals surface area (Å²) in [5, 5.41) is 19.3. The van der Waals surface area contributed by atoms with Gasteiger partial charge in [-0.1, -0.05) is 6.92 Å². The summed E-state index contributed by atoms with van der Waals surface area (Å²) < 4.78 is 43.9. The summed E-state index contributed by atoms with van der Waals surface area (Å²) in [6.45, 7) is -3.39. The number of hydrogen-bond acceptors (Lipinski definition) is 18. The number of nitrogens with one attached hydrogen (secondary N) is 1. The van der Waals surface area contributed by atoms with Crippen LogP contribution in [0.5, 0.6) is 0 Å². The van der Waals surface area contributed by atoms with Crippen molar-refractivity contribution >= 4 is 72.6 Å². The van der Waals surface area contributed by atoms with Gasteiger partial charge in [-0.15, -0.1) is 11.8 Å². The zero-order chi connectivity index (χ0) is 34.5. The molecule has 2 aliphatic rings. The summed E-state index contributed by atoms with van der Waals surface area (Å²) in [4.78, 5) is 56.4. The van der Waals surface area contributed by atoms with E-state index in [-0.39, 0.29) is 34.1 Å². The smallest absolute Gasteiger partial charge is 0.325 e. The maximum Gasteiger partial charge on any atom is 0.325 e. The van der Waals surface area contributed by atoms with E-state index in [4.69, 9.17) is 46.3 Å². The van der Waals surface area contributed by atoms with Gasteiger partial charge in [-0.25, -0.2) is 19.9 Å². The van der Waals surface area contributed by atoms with Gasteiger partial charge in [0.25, 0.3) is 5.56 Å². The molecule has 4 aromatic rings. The molecule has 21 nitrogen and oxygen atoms in total. The molecule has 0 radical (unpaired) electrons. The van der Waals surface area contributed by atoms with Gasteiger partial charge in [-0.3, -0.25) is 28.0 Å². The molecule has 6 heterocycles. The molecular weight excluding hydrogens is 718 g/mol. The molecule has 0 aromatic carbocycles. The lowest BCUT2D eigenvalue weighted by molar-refractivity contribution is -0.229. The number of anilines is 2. The van der Waals surface area contributed by atoms with Gasteiger partial charge in [0.1, 0.15) is 35.5 Å². The Balaban J connectivity index is 1.25. The zero-order valence-corrected chi connectivity index (χ0v) is 28.6. The summed E-state index contributed by atoms with van der Waals surface area (Å²) in [6.07, 6.45) is -2.63. The molecule has 0 spiro atoms. The van der Waals surface area contributed by atoms with Crippen LogP contribution in [0, 0.1) is 5.92 Å². The third-order valence-corrected chi connectivity index (χ3v) is 11.7. The first kappa shape index (κ1) is 35.2. The van der Waals surface area contributed by atoms with Crippen LogP contribution >= 0.6 is 26.7 Å². The highest BCUT2D eigenvalue weighted by molar-refractivity contribution is 8.07. The van der Waals surface area contributed by atoms with Crippen molar-refractivity contribution in [1.82, 2.24) is 39.0 Å². The largest absolute Gasteiger partial charge is 0.395 e. The maximum absolute atomic E-state index is 12.4. The second kappa shape index (κ2) is 13.9. The Hall–Kier alpha value is -2.63. The Morgan fingerprint density at radius 3 is 2.58 bits per heavy atom. The van der Waals surface area contributed by atoms with E-state index < -0.39 is 87.0 Å². The summed E-state index contributed by atoms with van der Waals surface area (Å²) >= 11 is 6.43. The molecule has 262 valence electrons. The average molecular weight is 751 g/mol. The minimum absolute atomic E-state index is 0.0282. The van der Waals surface area contributed by atoms with Crippen LogP contribution in [-0.4, -0.2) is 115 Å². The lowest BCUT2D eigenvalue weighted by Crippen LogP contribution is -2.53. The van der Waals surface area contributed by atoms with E-state index >= 15 is 0 Å². The van der Waals surface area contributed by atoms with E-state index in [1.165, 1.54) is 35.2 Å². The van der Waals surface area contributed by atoms with Gasteiger partial charge in [0.2, 0.25) is 5.95 Å². The normalized spacial score (nSPS) is 31.3. The molecule has 25 heteroatoms. The van der Waals surface area contributed by atoms with Crippen LogP contribution in [0.2, 0.25) is 0 Å². The van der Waals surface area contributed by atoms with Gasteiger partial charge in [0.15, 0.2) is 28.9 Å². The van der Waals surface area contributed by atoms with Crippen LogP contribution in [-0.2, 0) is 39.4 Å². The van der Waals surface area contributed by atoms with Gasteiger partial charge >= 0.3 is 15.0 Å².